The minimum Gasteiger partial charge on any atom is -0.462 e. The highest BCUT2D eigenvalue weighted by Gasteiger charge is 2.44. The number of rotatable bonds is 4. The molecule has 1 fully saturated rings. The lowest BCUT2D eigenvalue weighted by Crippen LogP contribution is -2.40. The molecule has 0 unspecified atom stereocenters. The Balaban J connectivity index is 2.28. The van der Waals surface area contributed by atoms with Gasteiger partial charge in [-0.2, -0.15) is 5.10 Å². The highest BCUT2D eigenvalue weighted by atomic mass is 16.5. The smallest absolute Gasteiger partial charge is 0.341 e. The van der Waals surface area contributed by atoms with Crippen molar-refractivity contribution in [3.63, 3.8) is 0 Å². The van der Waals surface area contributed by atoms with Gasteiger partial charge in [-0.15, -0.1) is 0 Å². The number of nitrogens with one attached hydrogen (secondary N) is 1. The summed E-state index contributed by atoms with van der Waals surface area (Å²) in [4.78, 5) is 37.0. The number of amides is 3. The number of hydrogen-bond donors (Lipinski definition) is 1. The lowest BCUT2D eigenvalue weighted by atomic mass is 10.1. The summed E-state index contributed by atoms with van der Waals surface area (Å²) >= 11 is 0. The van der Waals surface area contributed by atoms with Gasteiger partial charge >= 0.3 is 12.0 Å². The van der Waals surface area contributed by atoms with E-state index in [1.54, 1.807) is 27.8 Å². The zero-order valence-corrected chi connectivity index (χ0v) is 12.5. The Morgan fingerprint density at radius 3 is 2.62 bits per heavy atom. The number of carbonyl (C=O) groups is 3. The largest absolute Gasteiger partial charge is 0.462 e. The van der Waals surface area contributed by atoms with Crippen molar-refractivity contribution in [3.05, 3.63) is 17.5 Å². The van der Waals surface area contributed by atoms with Crippen LogP contribution in [-0.4, -0.2) is 44.7 Å². The van der Waals surface area contributed by atoms with Crippen LogP contribution >= 0.6 is 0 Å². The van der Waals surface area contributed by atoms with Gasteiger partial charge in [-0.05, 0) is 20.8 Å². The molecule has 0 bridgehead atoms. The molecule has 2 heterocycles. The van der Waals surface area contributed by atoms with Gasteiger partial charge in [-0.1, -0.05) is 0 Å². The number of urea groups is 1. The summed E-state index contributed by atoms with van der Waals surface area (Å²) in [6.07, 6.45) is 1.37. The molecule has 1 aliphatic heterocycles. The van der Waals surface area contributed by atoms with Crippen molar-refractivity contribution in [3.8, 4) is 0 Å². The zero-order valence-electron chi connectivity index (χ0n) is 12.5. The van der Waals surface area contributed by atoms with Crippen molar-refractivity contribution in [1.82, 2.24) is 20.0 Å². The molecule has 8 heteroatoms. The van der Waals surface area contributed by atoms with E-state index in [0.717, 1.165) is 4.90 Å². The molecule has 1 aliphatic rings. The predicted molar refractivity (Wildman–Crippen MR) is 72.3 cm³/mol. The molecule has 0 aromatic carbocycles. The van der Waals surface area contributed by atoms with Gasteiger partial charge in [0, 0.05) is 7.05 Å². The summed E-state index contributed by atoms with van der Waals surface area (Å²) < 4.78 is 6.40. The second-order valence-corrected chi connectivity index (χ2v) is 5.30. The van der Waals surface area contributed by atoms with Gasteiger partial charge in [0.15, 0.2) is 0 Å². The lowest BCUT2D eigenvalue weighted by molar-refractivity contribution is -0.130. The summed E-state index contributed by atoms with van der Waals surface area (Å²) in [5.41, 5.74) is -0.237. The van der Waals surface area contributed by atoms with Gasteiger partial charge in [-0.25, -0.2) is 9.59 Å². The van der Waals surface area contributed by atoms with Crippen LogP contribution in [0.25, 0.3) is 0 Å². The average molecular weight is 294 g/mol. The Hall–Kier alpha value is -2.38. The molecule has 3 amide bonds. The minimum atomic E-state index is -0.945. The number of ether oxygens (including phenoxy) is 1. The van der Waals surface area contributed by atoms with E-state index >= 15 is 0 Å². The third-order valence-corrected chi connectivity index (χ3v) is 3.31. The number of nitrogens with zero attached hydrogens (tertiary/aromatic N) is 3. The molecule has 0 aliphatic carbocycles. The third kappa shape index (κ3) is 2.61. The van der Waals surface area contributed by atoms with Crippen molar-refractivity contribution < 1.29 is 19.1 Å². The SMILES string of the molecule is CCOC(=O)c1cnn(C)c1CN1C(=O)NC(C)(C)C1=O. The Kier molecular flexibility index (Phi) is 3.71. The van der Waals surface area contributed by atoms with E-state index in [1.165, 1.54) is 10.9 Å². The number of carbonyl (C=O) groups excluding carboxylic acids is 3. The molecule has 2 rings (SSSR count). The van der Waals surface area contributed by atoms with Gasteiger partial charge < -0.3 is 10.1 Å². The first-order valence-corrected chi connectivity index (χ1v) is 6.60. The number of aryl methyl sites for hydroxylation is 1. The van der Waals surface area contributed by atoms with Crippen molar-refractivity contribution in [2.24, 2.45) is 7.05 Å². The van der Waals surface area contributed by atoms with Crippen LogP contribution in [0.15, 0.2) is 6.20 Å². The maximum absolute atomic E-state index is 12.2. The van der Waals surface area contributed by atoms with E-state index in [2.05, 4.69) is 10.4 Å². The number of imide groups is 1. The van der Waals surface area contributed by atoms with E-state index in [-0.39, 0.29) is 24.6 Å². The van der Waals surface area contributed by atoms with E-state index < -0.39 is 17.5 Å². The van der Waals surface area contributed by atoms with Crippen LogP contribution in [0.2, 0.25) is 0 Å². The van der Waals surface area contributed by atoms with Crippen molar-refractivity contribution >= 4 is 17.9 Å². The van der Waals surface area contributed by atoms with Gasteiger partial charge in [0.2, 0.25) is 0 Å². The predicted octanol–water partition coefficient (Wildman–Crippen LogP) is 0.427. The quantitative estimate of drug-likeness (QED) is 0.642. The zero-order chi connectivity index (χ0) is 15.8. The van der Waals surface area contributed by atoms with E-state index in [1.807, 2.05) is 0 Å². The molecule has 1 saturated heterocycles. The molecule has 0 spiro atoms. The standard InChI is InChI=1S/C13H18N4O4/c1-5-21-10(18)8-6-14-16(4)9(8)7-17-11(19)13(2,3)15-12(17)20/h6H,5,7H2,1-4H3,(H,15,20). The fourth-order valence-corrected chi connectivity index (χ4v) is 2.14. The molecule has 1 aromatic heterocycles. The van der Waals surface area contributed by atoms with Crippen molar-refractivity contribution in [2.75, 3.05) is 6.61 Å². The summed E-state index contributed by atoms with van der Waals surface area (Å²) in [6, 6.07) is -0.485. The first-order valence-electron chi connectivity index (χ1n) is 6.60. The second kappa shape index (κ2) is 5.19. The average Bonchev–Trinajstić information content (AvgIpc) is 2.84. The van der Waals surface area contributed by atoms with Crippen molar-refractivity contribution in [2.45, 2.75) is 32.9 Å². The van der Waals surface area contributed by atoms with Gasteiger partial charge in [0.25, 0.3) is 5.91 Å². The van der Waals surface area contributed by atoms with Crippen molar-refractivity contribution in [1.29, 1.82) is 0 Å². The number of esters is 1. The monoisotopic (exact) mass is 294 g/mol. The van der Waals surface area contributed by atoms with Crippen LogP contribution in [0.1, 0.15) is 36.8 Å². The van der Waals surface area contributed by atoms with Crippen LogP contribution in [0.4, 0.5) is 4.79 Å². The topological polar surface area (TPSA) is 93.5 Å². The molecule has 1 aromatic rings. The highest BCUT2D eigenvalue weighted by molar-refractivity contribution is 6.06. The number of aromatic nitrogens is 2. The van der Waals surface area contributed by atoms with Crippen LogP contribution in [0.5, 0.6) is 0 Å². The Labute approximate surface area is 122 Å². The van der Waals surface area contributed by atoms with E-state index in [0.29, 0.717) is 5.69 Å². The molecule has 21 heavy (non-hydrogen) atoms. The lowest BCUT2D eigenvalue weighted by Gasteiger charge is -2.16. The molecule has 114 valence electrons. The van der Waals surface area contributed by atoms with Gasteiger partial charge in [0.1, 0.15) is 11.1 Å². The third-order valence-electron chi connectivity index (χ3n) is 3.31. The maximum Gasteiger partial charge on any atom is 0.341 e. The second-order valence-electron chi connectivity index (χ2n) is 5.30. The normalized spacial score (nSPS) is 17.0. The molecule has 0 atom stereocenters. The van der Waals surface area contributed by atoms with Crippen LogP contribution < -0.4 is 5.32 Å². The van der Waals surface area contributed by atoms with Crippen LogP contribution in [-0.2, 0) is 23.1 Å². The fourth-order valence-electron chi connectivity index (χ4n) is 2.14. The fraction of sp³-hybridized carbons (Fsp3) is 0.538. The van der Waals surface area contributed by atoms with E-state index in [9.17, 15) is 14.4 Å². The van der Waals surface area contributed by atoms with Gasteiger partial charge in [0.05, 0.1) is 25.0 Å². The molecular formula is C13H18N4O4. The maximum atomic E-state index is 12.2. The molecule has 0 saturated carbocycles. The van der Waals surface area contributed by atoms with Crippen LogP contribution in [0.3, 0.4) is 0 Å². The number of hydrogen-bond acceptors (Lipinski definition) is 5. The Morgan fingerprint density at radius 1 is 1.43 bits per heavy atom. The molecule has 1 N–H and O–H groups in total. The minimum absolute atomic E-state index is 0.0290. The Bertz CT molecular complexity index is 605. The Morgan fingerprint density at radius 2 is 2.10 bits per heavy atom. The summed E-state index contributed by atoms with van der Waals surface area (Å²) in [6.45, 7) is 5.17. The summed E-state index contributed by atoms with van der Waals surface area (Å²) in [5.74, 6) is -0.865. The first-order chi connectivity index (χ1) is 9.77. The summed E-state index contributed by atoms with van der Waals surface area (Å²) in [7, 11) is 1.64. The molecule has 8 nitrogen and oxygen atoms in total. The highest BCUT2D eigenvalue weighted by Crippen LogP contribution is 2.20. The van der Waals surface area contributed by atoms with Crippen LogP contribution in [0, 0.1) is 0 Å². The summed E-state index contributed by atoms with van der Waals surface area (Å²) in [5, 5.41) is 6.58. The van der Waals surface area contributed by atoms with E-state index in [4.69, 9.17) is 4.74 Å². The molecular weight excluding hydrogens is 276 g/mol. The first kappa shape index (κ1) is 15.0. The van der Waals surface area contributed by atoms with Gasteiger partial charge in [-0.3, -0.25) is 14.4 Å². The molecule has 0 radical (unpaired) electrons.